The van der Waals surface area contributed by atoms with E-state index in [1.165, 1.54) is 58.2 Å². The van der Waals surface area contributed by atoms with Gasteiger partial charge in [-0.3, -0.25) is 4.79 Å². The quantitative estimate of drug-likeness (QED) is 0.798. The maximum absolute atomic E-state index is 12.4. The number of hydrogen-bond donors (Lipinski definition) is 0. The van der Waals surface area contributed by atoms with Crippen LogP contribution in [-0.4, -0.2) is 47.4 Å². The highest BCUT2D eigenvalue weighted by Crippen LogP contribution is 2.40. The molecule has 3 nitrogen and oxygen atoms in total. The minimum Gasteiger partial charge on any atom is -0.336 e. The predicted molar refractivity (Wildman–Crippen MR) is 86.1 cm³/mol. The fourth-order valence-corrected chi connectivity index (χ4v) is 4.71. The monoisotopic (exact) mass is 292 g/mol. The number of fused-ring (bicyclic) bond motifs is 2. The lowest BCUT2D eigenvalue weighted by Crippen LogP contribution is -2.50. The van der Waals surface area contributed by atoms with Gasteiger partial charge in [-0.15, -0.1) is 0 Å². The topological polar surface area (TPSA) is 23.6 Å². The van der Waals surface area contributed by atoms with Gasteiger partial charge in [0.05, 0.1) is 0 Å². The molecule has 2 atom stereocenters. The van der Waals surface area contributed by atoms with Crippen molar-refractivity contribution in [1.82, 2.24) is 9.80 Å². The molecule has 3 heteroatoms. The average Bonchev–Trinajstić information content (AvgIpc) is 2.71. The van der Waals surface area contributed by atoms with Gasteiger partial charge < -0.3 is 9.80 Å². The first-order chi connectivity index (χ1) is 10.0. The molecule has 21 heavy (non-hydrogen) atoms. The summed E-state index contributed by atoms with van der Waals surface area (Å²) < 4.78 is 0. The van der Waals surface area contributed by atoms with Gasteiger partial charge in [0.1, 0.15) is 0 Å². The van der Waals surface area contributed by atoms with E-state index in [0.29, 0.717) is 18.0 Å². The third kappa shape index (κ3) is 3.28. The molecule has 3 fully saturated rings. The molecule has 3 aliphatic heterocycles. The molecule has 0 spiro atoms. The van der Waals surface area contributed by atoms with E-state index in [2.05, 4.69) is 16.7 Å². The van der Waals surface area contributed by atoms with Crippen molar-refractivity contribution >= 4 is 5.91 Å². The van der Waals surface area contributed by atoms with Crippen LogP contribution in [-0.2, 0) is 4.79 Å². The third-order valence-electron chi connectivity index (χ3n) is 5.97. The predicted octanol–water partition coefficient (Wildman–Crippen LogP) is 3.14. The summed E-state index contributed by atoms with van der Waals surface area (Å²) in [5, 5.41) is 0. The summed E-state index contributed by atoms with van der Waals surface area (Å²) in [5.41, 5.74) is 0. The van der Waals surface area contributed by atoms with Gasteiger partial charge >= 0.3 is 0 Å². The van der Waals surface area contributed by atoms with Crippen molar-refractivity contribution in [1.29, 1.82) is 0 Å². The normalized spacial score (nSPS) is 34.7. The summed E-state index contributed by atoms with van der Waals surface area (Å²) >= 11 is 0. The van der Waals surface area contributed by atoms with E-state index in [0.717, 1.165) is 11.8 Å². The molecular weight excluding hydrogens is 260 g/mol. The van der Waals surface area contributed by atoms with Crippen molar-refractivity contribution in [3.63, 3.8) is 0 Å². The molecule has 2 bridgehead atoms. The van der Waals surface area contributed by atoms with Gasteiger partial charge in [-0.2, -0.15) is 0 Å². The van der Waals surface area contributed by atoms with Crippen molar-refractivity contribution < 1.29 is 4.79 Å². The molecule has 3 rings (SSSR count). The largest absolute Gasteiger partial charge is 0.336 e. The van der Waals surface area contributed by atoms with E-state index < -0.39 is 0 Å². The first-order valence-corrected chi connectivity index (χ1v) is 9.09. The van der Waals surface area contributed by atoms with E-state index >= 15 is 0 Å². The Morgan fingerprint density at radius 3 is 2.14 bits per heavy atom. The molecular formula is C18H32N2O. The van der Waals surface area contributed by atoms with Gasteiger partial charge in [-0.05, 0) is 63.5 Å². The number of piperidine rings is 2. The number of likely N-dealkylation sites (tertiary alicyclic amines) is 1. The van der Waals surface area contributed by atoms with E-state index in [1.807, 2.05) is 13.8 Å². The first kappa shape index (κ1) is 15.3. The van der Waals surface area contributed by atoms with Crippen LogP contribution in [0.25, 0.3) is 0 Å². The van der Waals surface area contributed by atoms with Gasteiger partial charge in [0.2, 0.25) is 5.91 Å². The first-order valence-electron chi connectivity index (χ1n) is 9.09. The Bertz CT molecular complexity index is 359. The van der Waals surface area contributed by atoms with Gasteiger partial charge in [0, 0.05) is 24.5 Å². The lowest BCUT2D eigenvalue weighted by Gasteiger charge is -2.42. The van der Waals surface area contributed by atoms with E-state index in [-0.39, 0.29) is 5.92 Å². The maximum atomic E-state index is 12.4. The number of rotatable bonds is 3. The fraction of sp³-hybridized carbons (Fsp3) is 0.944. The molecule has 0 aromatic heterocycles. The second-order valence-electron chi connectivity index (χ2n) is 8.11. The summed E-state index contributed by atoms with van der Waals surface area (Å²) in [6, 6.07) is 1.10. The van der Waals surface area contributed by atoms with Crippen molar-refractivity contribution in [2.45, 2.75) is 71.4 Å². The van der Waals surface area contributed by atoms with Crippen molar-refractivity contribution in [3.8, 4) is 0 Å². The standard InChI is InChI=1S/C18H32N2O/c1-13(2)18(21)20-16-4-5-17(20)11-15(10-16)12-19-8-6-14(3)7-9-19/h13-17H,4-12H2,1-3H3. The SMILES string of the molecule is CC1CCN(CC2CC3CCC(C2)N3C(=O)C(C)C)CC1. The van der Waals surface area contributed by atoms with Crippen molar-refractivity contribution in [2.24, 2.45) is 17.8 Å². The molecule has 3 saturated heterocycles. The molecule has 3 heterocycles. The highest BCUT2D eigenvalue weighted by molar-refractivity contribution is 5.79. The Morgan fingerprint density at radius 1 is 1.05 bits per heavy atom. The second kappa shape index (κ2) is 6.28. The van der Waals surface area contributed by atoms with Crippen molar-refractivity contribution in [2.75, 3.05) is 19.6 Å². The fourth-order valence-electron chi connectivity index (χ4n) is 4.71. The Kier molecular flexibility index (Phi) is 4.58. The summed E-state index contributed by atoms with van der Waals surface area (Å²) in [5.74, 6) is 2.30. The number of hydrogen-bond acceptors (Lipinski definition) is 2. The van der Waals surface area contributed by atoms with Crippen molar-refractivity contribution in [3.05, 3.63) is 0 Å². The average molecular weight is 292 g/mol. The summed E-state index contributed by atoms with van der Waals surface area (Å²) in [7, 11) is 0. The summed E-state index contributed by atoms with van der Waals surface area (Å²) in [4.78, 5) is 17.4. The third-order valence-corrected chi connectivity index (χ3v) is 5.97. The van der Waals surface area contributed by atoms with Crippen LogP contribution in [0.4, 0.5) is 0 Å². The van der Waals surface area contributed by atoms with Crippen LogP contribution in [0.3, 0.4) is 0 Å². The van der Waals surface area contributed by atoms with Crippen LogP contribution in [0.5, 0.6) is 0 Å². The molecule has 0 aromatic rings. The van der Waals surface area contributed by atoms with Crippen LogP contribution in [0.15, 0.2) is 0 Å². The molecule has 1 amide bonds. The Labute approximate surface area is 130 Å². The molecule has 0 aromatic carbocycles. The number of nitrogens with zero attached hydrogens (tertiary/aromatic N) is 2. The Balaban J connectivity index is 1.55. The highest BCUT2D eigenvalue weighted by atomic mass is 16.2. The Morgan fingerprint density at radius 2 is 1.62 bits per heavy atom. The van der Waals surface area contributed by atoms with Crippen LogP contribution in [0.1, 0.15) is 59.3 Å². The number of carbonyl (C=O) groups excluding carboxylic acids is 1. The van der Waals surface area contributed by atoms with Gasteiger partial charge in [0.25, 0.3) is 0 Å². The molecule has 0 N–H and O–H groups in total. The molecule has 120 valence electrons. The minimum absolute atomic E-state index is 0.160. The lowest BCUT2D eigenvalue weighted by molar-refractivity contribution is -0.139. The number of carbonyl (C=O) groups is 1. The zero-order valence-electron chi connectivity index (χ0n) is 14.1. The van der Waals surface area contributed by atoms with Crippen LogP contribution in [0, 0.1) is 17.8 Å². The minimum atomic E-state index is 0.160. The van der Waals surface area contributed by atoms with E-state index in [4.69, 9.17) is 0 Å². The lowest BCUT2D eigenvalue weighted by atomic mass is 9.88. The van der Waals surface area contributed by atoms with Gasteiger partial charge in [-0.25, -0.2) is 0 Å². The summed E-state index contributed by atoms with van der Waals surface area (Å²) in [6.45, 7) is 10.3. The molecule has 0 radical (unpaired) electrons. The van der Waals surface area contributed by atoms with Crippen LogP contribution < -0.4 is 0 Å². The smallest absolute Gasteiger partial charge is 0.225 e. The zero-order chi connectivity index (χ0) is 15.0. The number of amides is 1. The highest BCUT2D eigenvalue weighted by Gasteiger charge is 2.43. The van der Waals surface area contributed by atoms with Crippen LogP contribution in [0.2, 0.25) is 0 Å². The van der Waals surface area contributed by atoms with Gasteiger partial charge in [0.15, 0.2) is 0 Å². The van der Waals surface area contributed by atoms with E-state index in [1.54, 1.807) is 0 Å². The summed E-state index contributed by atoms with van der Waals surface area (Å²) in [6.07, 6.45) is 7.74. The van der Waals surface area contributed by atoms with E-state index in [9.17, 15) is 4.79 Å². The molecule has 0 aliphatic carbocycles. The molecule has 3 aliphatic rings. The maximum Gasteiger partial charge on any atom is 0.225 e. The van der Waals surface area contributed by atoms with Crippen LogP contribution >= 0.6 is 0 Å². The second-order valence-corrected chi connectivity index (χ2v) is 8.11. The molecule has 2 unspecified atom stereocenters. The van der Waals surface area contributed by atoms with Gasteiger partial charge in [-0.1, -0.05) is 20.8 Å². The Hall–Kier alpha value is -0.570. The molecule has 0 saturated carbocycles. The zero-order valence-corrected chi connectivity index (χ0v) is 14.1.